The predicted molar refractivity (Wildman–Crippen MR) is 82.5 cm³/mol. The van der Waals surface area contributed by atoms with Gasteiger partial charge in [-0.1, -0.05) is 44.1 Å². The number of carbonyl (C=O) groups excluding carboxylic acids is 1. The number of carbonyl (C=O) groups is 1. The first-order chi connectivity index (χ1) is 9.67. The van der Waals surface area contributed by atoms with Crippen LogP contribution in [0.2, 0.25) is 0 Å². The van der Waals surface area contributed by atoms with E-state index in [2.05, 4.69) is 24.1 Å². The monoisotopic (exact) mass is 273 g/mol. The second kappa shape index (κ2) is 9.17. The highest BCUT2D eigenvalue weighted by atomic mass is 16.2. The van der Waals surface area contributed by atoms with Crippen molar-refractivity contribution in [1.29, 1.82) is 0 Å². The average Bonchev–Trinajstić information content (AvgIpc) is 2.44. The van der Waals surface area contributed by atoms with Crippen LogP contribution in [0.4, 0.5) is 5.69 Å². The maximum Gasteiger partial charge on any atom is 0.224 e. The third kappa shape index (κ3) is 5.90. The molecule has 0 saturated heterocycles. The molecular formula is C17H23NO2. The van der Waals surface area contributed by atoms with Crippen molar-refractivity contribution in [2.24, 2.45) is 0 Å². The minimum Gasteiger partial charge on any atom is -0.384 e. The fourth-order valence-electron chi connectivity index (χ4n) is 1.91. The fourth-order valence-corrected chi connectivity index (χ4v) is 1.91. The van der Waals surface area contributed by atoms with E-state index >= 15 is 0 Å². The maximum atomic E-state index is 11.8. The van der Waals surface area contributed by atoms with Gasteiger partial charge in [-0.2, -0.15) is 0 Å². The Kier molecular flexibility index (Phi) is 7.46. The number of rotatable bonds is 6. The first-order valence-corrected chi connectivity index (χ1v) is 7.17. The molecule has 0 aromatic heterocycles. The number of aliphatic hydroxyl groups excluding tert-OH is 1. The minimum atomic E-state index is -0.159. The van der Waals surface area contributed by atoms with Gasteiger partial charge in [-0.3, -0.25) is 4.79 Å². The zero-order valence-electron chi connectivity index (χ0n) is 12.3. The lowest BCUT2D eigenvalue weighted by molar-refractivity contribution is -0.116. The number of nitrogens with one attached hydrogen (secondary N) is 1. The van der Waals surface area contributed by atoms with E-state index in [1.54, 1.807) is 0 Å². The Morgan fingerprint density at radius 3 is 2.80 bits per heavy atom. The normalized spacial score (nSPS) is 9.75. The third-order valence-corrected chi connectivity index (χ3v) is 3.08. The van der Waals surface area contributed by atoms with Gasteiger partial charge in [-0.25, -0.2) is 0 Å². The molecule has 0 aliphatic carbocycles. The van der Waals surface area contributed by atoms with E-state index in [1.807, 2.05) is 25.1 Å². The van der Waals surface area contributed by atoms with Crippen LogP contribution in [0.25, 0.3) is 0 Å². The van der Waals surface area contributed by atoms with Crippen molar-refractivity contribution in [3.63, 3.8) is 0 Å². The van der Waals surface area contributed by atoms with Crippen LogP contribution in [0, 0.1) is 18.8 Å². The van der Waals surface area contributed by atoms with Gasteiger partial charge < -0.3 is 10.4 Å². The van der Waals surface area contributed by atoms with Crippen molar-refractivity contribution in [3.8, 4) is 11.8 Å². The van der Waals surface area contributed by atoms with Crippen molar-refractivity contribution >= 4 is 11.6 Å². The molecule has 20 heavy (non-hydrogen) atoms. The summed E-state index contributed by atoms with van der Waals surface area (Å²) in [6.45, 7) is 3.95. The van der Waals surface area contributed by atoms with Crippen molar-refractivity contribution in [2.75, 3.05) is 11.9 Å². The Balaban J connectivity index is 2.57. The summed E-state index contributed by atoms with van der Waals surface area (Å²) in [7, 11) is 0. The number of hydrogen-bond donors (Lipinski definition) is 2. The minimum absolute atomic E-state index is 0.0472. The van der Waals surface area contributed by atoms with Gasteiger partial charge in [-0.05, 0) is 31.0 Å². The van der Waals surface area contributed by atoms with Gasteiger partial charge in [0.2, 0.25) is 5.91 Å². The van der Waals surface area contributed by atoms with Gasteiger partial charge in [0.25, 0.3) is 0 Å². The largest absolute Gasteiger partial charge is 0.384 e. The van der Waals surface area contributed by atoms with Gasteiger partial charge >= 0.3 is 0 Å². The number of anilines is 1. The molecule has 0 unspecified atom stereocenters. The van der Waals surface area contributed by atoms with E-state index < -0.39 is 0 Å². The van der Waals surface area contributed by atoms with Crippen LogP contribution in [0.15, 0.2) is 18.2 Å². The van der Waals surface area contributed by atoms with Crippen LogP contribution >= 0.6 is 0 Å². The summed E-state index contributed by atoms with van der Waals surface area (Å²) in [5.41, 5.74) is 2.63. The van der Waals surface area contributed by atoms with Gasteiger partial charge in [0.15, 0.2) is 0 Å². The molecule has 0 bridgehead atoms. The summed E-state index contributed by atoms with van der Waals surface area (Å²) >= 11 is 0. The van der Waals surface area contributed by atoms with E-state index in [4.69, 9.17) is 5.11 Å². The van der Waals surface area contributed by atoms with Gasteiger partial charge in [0.1, 0.15) is 6.61 Å². The third-order valence-electron chi connectivity index (χ3n) is 3.08. The highest BCUT2D eigenvalue weighted by molar-refractivity contribution is 5.90. The van der Waals surface area contributed by atoms with E-state index in [0.29, 0.717) is 6.42 Å². The summed E-state index contributed by atoms with van der Waals surface area (Å²) in [6, 6.07) is 5.65. The average molecular weight is 273 g/mol. The van der Waals surface area contributed by atoms with Gasteiger partial charge in [0, 0.05) is 17.7 Å². The summed E-state index contributed by atoms with van der Waals surface area (Å²) in [5.74, 6) is 5.56. The molecule has 0 atom stereocenters. The Labute approximate surface area is 121 Å². The number of hydrogen-bond acceptors (Lipinski definition) is 2. The summed E-state index contributed by atoms with van der Waals surface area (Å²) in [5, 5.41) is 11.6. The molecule has 0 saturated carbocycles. The smallest absolute Gasteiger partial charge is 0.224 e. The molecule has 0 spiro atoms. The molecule has 1 amide bonds. The molecule has 108 valence electrons. The molecule has 0 fully saturated rings. The first-order valence-electron chi connectivity index (χ1n) is 7.17. The lowest BCUT2D eigenvalue weighted by Crippen LogP contribution is -2.11. The SMILES string of the molecule is CCCCCCC(=O)Nc1ccc(C)c(C#CCO)c1. The lowest BCUT2D eigenvalue weighted by atomic mass is 10.1. The molecule has 0 aliphatic heterocycles. The topological polar surface area (TPSA) is 49.3 Å². The molecule has 2 N–H and O–H groups in total. The van der Waals surface area contributed by atoms with Gasteiger partial charge in [-0.15, -0.1) is 0 Å². The Morgan fingerprint density at radius 2 is 2.10 bits per heavy atom. The van der Waals surface area contributed by atoms with E-state index in [0.717, 1.165) is 29.7 Å². The predicted octanol–water partition coefficient (Wildman–Crippen LogP) is 3.25. The first kappa shape index (κ1) is 16.3. The summed E-state index contributed by atoms with van der Waals surface area (Å²) in [6.07, 6.45) is 4.95. The quantitative estimate of drug-likeness (QED) is 0.617. The molecule has 3 heteroatoms. The molecule has 0 aliphatic rings. The highest BCUT2D eigenvalue weighted by Crippen LogP contribution is 2.15. The fraction of sp³-hybridized carbons (Fsp3) is 0.471. The molecular weight excluding hydrogens is 250 g/mol. The molecule has 0 heterocycles. The van der Waals surface area contributed by atoms with Crippen molar-refractivity contribution in [1.82, 2.24) is 0 Å². The number of aryl methyl sites for hydroxylation is 1. The number of amides is 1. The standard InChI is InChI=1S/C17H23NO2/c1-3-4-5-6-9-17(20)18-16-11-10-14(2)15(13-16)8-7-12-19/h10-11,13,19H,3-6,9,12H2,1-2H3,(H,18,20). The van der Waals surface area contributed by atoms with Crippen LogP contribution in [0.1, 0.15) is 50.2 Å². The maximum absolute atomic E-state index is 11.8. The van der Waals surface area contributed by atoms with Crippen LogP contribution in [0.3, 0.4) is 0 Å². The molecule has 1 aromatic carbocycles. The summed E-state index contributed by atoms with van der Waals surface area (Å²) in [4.78, 5) is 11.8. The molecule has 0 radical (unpaired) electrons. The molecule has 1 rings (SSSR count). The zero-order valence-corrected chi connectivity index (χ0v) is 12.3. The molecule has 3 nitrogen and oxygen atoms in total. The van der Waals surface area contributed by atoms with E-state index in [-0.39, 0.29) is 12.5 Å². The second-order valence-corrected chi connectivity index (χ2v) is 4.85. The van der Waals surface area contributed by atoms with Gasteiger partial charge in [0.05, 0.1) is 0 Å². The van der Waals surface area contributed by atoms with Crippen LogP contribution in [0.5, 0.6) is 0 Å². The Morgan fingerprint density at radius 1 is 1.30 bits per heavy atom. The summed E-state index contributed by atoms with van der Waals surface area (Å²) < 4.78 is 0. The van der Waals surface area contributed by atoms with Crippen LogP contribution < -0.4 is 5.32 Å². The Bertz CT molecular complexity index is 497. The number of unbranched alkanes of at least 4 members (excludes halogenated alkanes) is 3. The highest BCUT2D eigenvalue weighted by Gasteiger charge is 2.03. The second-order valence-electron chi connectivity index (χ2n) is 4.85. The van der Waals surface area contributed by atoms with Crippen molar-refractivity contribution < 1.29 is 9.90 Å². The van der Waals surface area contributed by atoms with Crippen LogP contribution in [-0.4, -0.2) is 17.6 Å². The van der Waals surface area contributed by atoms with Crippen molar-refractivity contribution in [2.45, 2.75) is 46.0 Å². The Hall–Kier alpha value is -1.79. The molecule has 1 aromatic rings. The van der Waals surface area contributed by atoms with Crippen molar-refractivity contribution in [3.05, 3.63) is 29.3 Å². The zero-order chi connectivity index (χ0) is 14.8. The van der Waals surface area contributed by atoms with Crippen LogP contribution in [-0.2, 0) is 4.79 Å². The number of aliphatic hydroxyl groups is 1. The number of benzene rings is 1. The lowest BCUT2D eigenvalue weighted by Gasteiger charge is -2.07. The van der Waals surface area contributed by atoms with E-state index in [1.165, 1.54) is 12.8 Å². The van der Waals surface area contributed by atoms with E-state index in [9.17, 15) is 4.79 Å².